The molecule has 0 fully saturated rings. The van der Waals surface area contributed by atoms with Gasteiger partial charge in [0.25, 0.3) is 0 Å². The zero-order valence-electron chi connectivity index (χ0n) is 13.6. The molecule has 3 aromatic carbocycles. The lowest BCUT2D eigenvalue weighted by Crippen LogP contribution is -2.12. The SMILES string of the molecule is CC(=O)N/N=C/c1ccc(OC(=O)c2cccc3ccccc23)cc1. The van der Waals surface area contributed by atoms with Crippen LogP contribution in [0.5, 0.6) is 5.75 Å². The molecule has 0 radical (unpaired) electrons. The molecule has 0 atom stereocenters. The minimum Gasteiger partial charge on any atom is -0.423 e. The number of ether oxygens (including phenoxy) is 1. The lowest BCUT2D eigenvalue weighted by atomic mass is 10.0. The average molecular weight is 332 g/mol. The zero-order valence-corrected chi connectivity index (χ0v) is 13.6. The van der Waals surface area contributed by atoms with Gasteiger partial charge in [0, 0.05) is 6.92 Å². The topological polar surface area (TPSA) is 67.8 Å². The van der Waals surface area contributed by atoms with Crippen LogP contribution < -0.4 is 10.2 Å². The van der Waals surface area contributed by atoms with Crippen LogP contribution in [0.2, 0.25) is 0 Å². The second-order valence-corrected chi connectivity index (χ2v) is 5.41. The van der Waals surface area contributed by atoms with Crippen molar-refractivity contribution in [1.29, 1.82) is 0 Å². The third kappa shape index (κ3) is 4.09. The molecule has 1 N–H and O–H groups in total. The molecule has 0 saturated heterocycles. The van der Waals surface area contributed by atoms with Crippen molar-refractivity contribution in [3.63, 3.8) is 0 Å². The van der Waals surface area contributed by atoms with Crippen LogP contribution >= 0.6 is 0 Å². The van der Waals surface area contributed by atoms with Crippen LogP contribution in [0.1, 0.15) is 22.8 Å². The summed E-state index contributed by atoms with van der Waals surface area (Å²) in [5.74, 6) is -0.206. The Labute approximate surface area is 144 Å². The molecule has 5 nitrogen and oxygen atoms in total. The number of amides is 1. The number of fused-ring (bicyclic) bond motifs is 1. The van der Waals surface area contributed by atoms with Gasteiger partial charge in [-0.3, -0.25) is 4.79 Å². The van der Waals surface area contributed by atoms with Crippen LogP contribution in [-0.2, 0) is 4.79 Å². The maximum absolute atomic E-state index is 12.5. The second-order valence-electron chi connectivity index (χ2n) is 5.41. The number of nitrogens with zero attached hydrogens (tertiary/aromatic N) is 1. The molecule has 0 saturated carbocycles. The highest BCUT2D eigenvalue weighted by Crippen LogP contribution is 2.21. The van der Waals surface area contributed by atoms with E-state index in [4.69, 9.17) is 4.74 Å². The summed E-state index contributed by atoms with van der Waals surface area (Å²) in [4.78, 5) is 23.2. The molecular weight excluding hydrogens is 316 g/mol. The van der Waals surface area contributed by atoms with Gasteiger partial charge >= 0.3 is 5.97 Å². The first-order valence-electron chi connectivity index (χ1n) is 7.73. The number of carbonyl (C=O) groups is 2. The normalized spacial score (nSPS) is 10.8. The van der Waals surface area contributed by atoms with Gasteiger partial charge in [-0.2, -0.15) is 5.10 Å². The minimum absolute atomic E-state index is 0.239. The van der Waals surface area contributed by atoms with E-state index in [1.165, 1.54) is 13.1 Å². The van der Waals surface area contributed by atoms with Crippen molar-refractivity contribution in [3.8, 4) is 5.75 Å². The molecule has 1 amide bonds. The fraction of sp³-hybridized carbons (Fsp3) is 0.0500. The maximum Gasteiger partial charge on any atom is 0.344 e. The fourth-order valence-corrected chi connectivity index (χ4v) is 2.39. The molecule has 3 rings (SSSR count). The molecule has 0 unspecified atom stereocenters. The van der Waals surface area contributed by atoms with Crippen LogP contribution in [-0.4, -0.2) is 18.1 Å². The first-order valence-corrected chi connectivity index (χ1v) is 7.73. The van der Waals surface area contributed by atoms with E-state index >= 15 is 0 Å². The van der Waals surface area contributed by atoms with Gasteiger partial charge in [-0.25, -0.2) is 10.2 Å². The van der Waals surface area contributed by atoms with Gasteiger partial charge in [0.1, 0.15) is 5.75 Å². The van der Waals surface area contributed by atoms with Gasteiger partial charge in [-0.1, -0.05) is 36.4 Å². The number of carbonyl (C=O) groups excluding carboxylic acids is 2. The number of hydrogen-bond donors (Lipinski definition) is 1. The highest BCUT2D eigenvalue weighted by molar-refractivity contribution is 6.05. The Morgan fingerprint density at radius 2 is 1.68 bits per heavy atom. The first kappa shape index (κ1) is 16.4. The van der Waals surface area contributed by atoms with Gasteiger partial charge in [0.05, 0.1) is 11.8 Å². The highest BCUT2D eigenvalue weighted by atomic mass is 16.5. The van der Waals surface area contributed by atoms with E-state index in [9.17, 15) is 9.59 Å². The fourth-order valence-electron chi connectivity index (χ4n) is 2.39. The van der Waals surface area contributed by atoms with Gasteiger partial charge in [-0.05, 0) is 46.7 Å². The summed E-state index contributed by atoms with van der Waals surface area (Å²) in [6, 6.07) is 20.1. The highest BCUT2D eigenvalue weighted by Gasteiger charge is 2.12. The van der Waals surface area contributed by atoms with Crippen molar-refractivity contribution in [1.82, 2.24) is 5.43 Å². The number of hydrogen-bond acceptors (Lipinski definition) is 4. The number of esters is 1. The van der Waals surface area contributed by atoms with Gasteiger partial charge < -0.3 is 4.74 Å². The third-order valence-electron chi connectivity index (χ3n) is 3.54. The van der Waals surface area contributed by atoms with Gasteiger partial charge in [0.15, 0.2) is 0 Å². The van der Waals surface area contributed by atoms with E-state index in [0.29, 0.717) is 11.3 Å². The monoisotopic (exact) mass is 332 g/mol. The van der Waals surface area contributed by atoms with Crippen LogP contribution in [0.3, 0.4) is 0 Å². The van der Waals surface area contributed by atoms with E-state index in [1.807, 2.05) is 36.4 Å². The summed E-state index contributed by atoms with van der Waals surface area (Å²) >= 11 is 0. The molecule has 0 spiro atoms. The van der Waals surface area contributed by atoms with Crippen LogP contribution in [0.25, 0.3) is 10.8 Å². The second kappa shape index (κ2) is 7.40. The summed E-state index contributed by atoms with van der Waals surface area (Å²) in [6.45, 7) is 1.38. The number of hydrazone groups is 1. The Balaban J connectivity index is 1.74. The molecule has 0 heterocycles. The van der Waals surface area contributed by atoms with Crippen LogP contribution in [0.4, 0.5) is 0 Å². The Kier molecular flexibility index (Phi) is 4.85. The lowest BCUT2D eigenvalue weighted by Gasteiger charge is -2.07. The summed E-state index contributed by atoms with van der Waals surface area (Å²) < 4.78 is 5.45. The third-order valence-corrected chi connectivity index (χ3v) is 3.54. The summed E-state index contributed by atoms with van der Waals surface area (Å²) in [6.07, 6.45) is 1.51. The number of rotatable bonds is 4. The Hall–Kier alpha value is -3.47. The molecule has 5 heteroatoms. The largest absolute Gasteiger partial charge is 0.423 e. The maximum atomic E-state index is 12.5. The molecular formula is C20H16N2O3. The van der Waals surface area contributed by atoms with Gasteiger partial charge in [0.2, 0.25) is 5.91 Å². The van der Waals surface area contributed by atoms with Crippen molar-refractivity contribution in [2.45, 2.75) is 6.92 Å². The van der Waals surface area contributed by atoms with Crippen molar-refractivity contribution in [2.75, 3.05) is 0 Å². The van der Waals surface area contributed by atoms with Crippen molar-refractivity contribution in [3.05, 3.63) is 77.9 Å². The average Bonchev–Trinajstić information content (AvgIpc) is 2.62. The Morgan fingerprint density at radius 1 is 0.960 bits per heavy atom. The standard InChI is InChI=1S/C20H16N2O3/c1-14(23)22-21-13-15-9-11-17(12-10-15)25-20(24)19-8-4-6-16-5-2-3-7-18(16)19/h2-13H,1H3,(H,22,23)/b21-13+. The molecule has 124 valence electrons. The van der Waals surface area contributed by atoms with E-state index in [-0.39, 0.29) is 5.91 Å². The Morgan fingerprint density at radius 3 is 2.44 bits per heavy atom. The lowest BCUT2D eigenvalue weighted by molar-refractivity contribution is -0.118. The Bertz CT molecular complexity index is 941. The molecule has 0 aliphatic carbocycles. The number of nitrogens with one attached hydrogen (secondary N) is 1. The molecule has 0 aromatic heterocycles. The smallest absolute Gasteiger partial charge is 0.344 e. The van der Waals surface area contributed by atoms with Crippen molar-refractivity contribution < 1.29 is 14.3 Å². The molecule has 0 aliphatic heterocycles. The predicted molar refractivity (Wildman–Crippen MR) is 96.8 cm³/mol. The summed E-state index contributed by atoms with van der Waals surface area (Å²) in [7, 11) is 0. The molecule has 0 bridgehead atoms. The summed E-state index contributed by atoms with van der Waals surface area (Å²) in [5.41, 5.74) is 3.62. The molecule has 3 aromatic rings. The quantitative estimate of drug-likeness (QED) is 0.344. The van der Waals surface area contributed by atoms with E-state index in [2.05, 4.69) is 10.5 Å². The van der Waals surface area contributed by atoms with E-state index < -0.39 is 5.97 Å². The van der Waals surface area contributed by atoms with Crippen LogP contribution in [0.15, 0.2) is 71.8 Å². The molecule has 0 aliphatic rings. The van der Waals surface area contributed by atoms with E-state index in [1.54, 1.807) is 30.3 Å². The molecule has 25 heavy (non-hydrogen) atoms. The van der Waals surface area contributed by atoms with Crippen LogP contribution in [0, 0.1) is 0 Å². The minimum atomic E-state index is -0.406. The van der Waals surface area contributed by atoms with Crippen molar-refractivity contribution >= 4 is 28.9 Å². The zero-order chi connectivity index (χ0) is 17.6. The van der Waals surface area contributed by atoms with Gasteiger partial charge in [-0.15, -0.1) is 0 Å². The first-order chi connectivity index (χ1) is 12.1. The predicted octanol–water partition coefficient (Wildman–Crippen LogP) is 3.53. The summed E-state index contributed by atoms with van der Waals surface area (Å²) in [5, 5.41) is 5.62. The van der Waals surface area contributed by atoms with Crippen molar-refractivity contribution in [2.24, 2.45) is 5.10 Å². The number of benzene rings is 3. The van der Waals surface area contributed by atoms with E-state index in [0.717, 1.165) is 16.3 Å².